The van der Waals surface area contributed by atoms with Gasteiger partial charge in [-0.1, -0.05) is 29.9 Å². The summed E-state index contributed by atoms with van der Waals surface area (Å²) in [6.45, 7) is 4.67. The summed E-state index contributed by atoms with van der Waals surface area (Å²) >= 11 is 1.50. The van der Waals surface area contributed by atoms with Crippen molar-refractivity contribution >= 4 is 16.3 Å². The molecule has 25 heavy (non-hydrogen) atoms. The molecule has 6 nitrogen and oxygen atoms in total. The summed E-state index contributed by atoms with van der Waals surface area (Å²) < 4.78 is 7.20. The van der Waals surface area contributed by atoms with Gasteiger partial charge in [0.2, 0.25) is 10.8 Å². The third-order valence-corrected chi connectivity index (χ3v) is 5.71. The van der Waals surface area contributed by atoms with Gasteiger partial charge in [-0.05, 0) is 50.6 Å². The lowest BCUT2D eigenvalue weighted by molar-refractivity contribution is 0.186. The van der Waals surface area contributed by atoms with E-state index in [1.165, 1.54) is 41.4 Å². The van der Waals surface area contributed by atoms with Gasteiger partial charge in [-0.3, -0.25) is 4.90 Å². The second-order valence-electron chi connectivity index (χ2n) is 6.25. The van der Waals surface area contributed by atoms with E-state index in [9.17, 15) is 5.11 Å². The molecule has 7 heteroatoms. The van der Waals surface area contributed by atoms with E-state index in [1.807, 2.05) is 19.1 Å². The summed E-state index contributed by atoms with van der Waals surface area (Å²) in [5, 5.41) is 14.9. The van der Waals surface area contributed by atoms with Crippen LogP contribution in [0.25, 0.3) is 4.96 Å². The molecule has 0 radical (unpaired) electrons. The Kier molecular flexibility index (Phi) is 4.59. The van der Waals surface area contributed by atoms with Crippen molar-refractivity contribution in [1.29, 1.82) is 0 Å². The summed E-state index contributed by atoms with van der Waals surface area (Å²) in [7, 11) is 0. The zero-order valence-corrected chi connectivity index (χ0v) is 15.1. The van der Waals surface area contributed by atoms with Crippen LogP contribution < -0.4 is 4.74 Å². The maximum absolute atomic E-state index is 10.7. The highest BCUT2D eigenvalue weighted by Crippen LogP contribution is 2.41. The molecule has 1 saturated heterocycles. The van der Waals surface area contributed by atoms with Crippen LogP contribution in [-0.4, -0.2) is 44.3 Å². The van der Waals surface area contributed by atoms with Crippen molar-refractivity contribution in [2.75, 3.05) is 19.7 Å². The first kappa shape index (κ1) is 16.4. The fourth-order valence-corrected chi connectivity index (χ4v) is 4.61. The number of piperidine rings is 1. The second kappa shape index (κ2) is 7.01. The van der Waals surface area contributed by atoms with Gasteiger partial charge in [0.05, 0.1) is 17.5 Å². The second-order valence-corrected chi connectivity index (χ2v) is 7.26. The Morgan fingerprint density at radius 3 is 2.88 bits per heavy atom. The summed E-state index contributed by atoms with van der Waals surface area (Å²) in [6.07, 6.45) is 5.11. The van der Waals surface area contributed by atoms with E-state index in [2.05, 4.69) is 27.1 Å². The minimum atomic E-state index is -0.00536. The molecule has 1 unspecified atom stereocenters. The molecule has 1 aliphatic rings. The zero-order chi connectivity index (χ0) is 17.2. The molecular weight excluding hydrogens is 336 g/mol. The molecule has 0 bridgehead atoms. The van der Waals surface area contributed by atoms with Crippen molar-refractivity contribution in [3.8, 4) is 11.6 Å². The summed E-state index contributed by atoms with van der Waals surface area (Å²) in [4.78, 5) is 8.29. The Labute approximate surface area is 150 Å². The summed E-state index contributed by atoms with van der Waals surface area (Å²) in [5.41, 5.74) is 1.13. The fourth-order valence-electron chi connectivity index (χ4n) is 3.52. The van der Waals surface area contributed by atoms with E-state index in [4.69, 9.17) is 4.74 Å². The third-order valence-electron chi connectivity index (χ3n) is 4.63. The molecule has 1 aliphatic heterocycles. The van der Waals surface area contributed by atoms with Gasteiger partial charge in [0, 0.05) is 0 Å². The lowest BCUT2D eigenvalue weighted by Gasteiger charge is -2.34. The number of benzene rings is 1. The molecule has 1 aromatic carbocycles. The Morgan fingerprint density at radius 1 is 1.28 bits per heavy atom. The molecule has 4 rings (SSSR count). The van der Waals surface area contributed by atoms with Gasteiger partial charge >= 0.3 is 0 Å². The number of hydrogen-bond acceptors (Lipinski definition) is 6. The van der Waals surface area contributed by atoms with Crippen molar-refractivity contribution in [2.45, 2.75) is 32.2 Å². The molecule has 0 amide bonds. The van der Waals surface area contributed by atoms with Gasteiger partial charge < -0.3 is 9.84 Å². The monoisotopic (exact) mass is 358 g/mol. The van der Waals surface area contributed by atoms with Gasteiger partial charge in [0.25, 0.3) is 0 Å². The molecule has 1 atom stereocenters. The van der Waals surface area contributed by atoms with Crippen molar-refractivity contribution in [3.05, 3.63) is 41.0 Å². The van der Waals surface area contributed by atoms with Crippen molar-refractivity contribution in [1.82, 2.24) is 19.5 Å². The number of nitrogens with zero attached hydrogens (tertiary/aromatic N) is 4. The van der Waals surface area contributed by atoms with E-state index in [1.54, 1.807) is 0 Å². The Balaban J connectivity index is 1.79. The maximum atomic E-state index is 10.7. The van der Waals surface area contributed by atoms with E-state index in [0.29, 0.717) is 6.61 Å². The SMILES string of the molecule is CCOc1cccc(C(c2sc3ncnn3c2O)N2CCCCC2)c1. The van der Waals surface area contributed by atoms with Crippen molar-refractivity contribution in [2.24, 2.45) is 0 Å². The lowest BCUT2D eigenvalue weighted by Crippen LogP contribution is -2.34. The van der Waals surface area contributed by atoms with Crippen LogP contribution >= 0.6 is 11.3 Å². The minimum absolute atomic E-state index is 0.00536. The van der Waals surface area contributed by atoms with Gasteiger partial charge in [-0.25, -0.2) is 4.98 Å². The number of aromatic nitrogens is 3. The van der Waals surface area contributed by atoms with Gasteiger partial charge in [0.1, 0.15) is 12.1 Å². The number of thiazole rings is 1. The standard InChI is InChI=1S/C18H22N4O2S/c1-2-24-14-8-6-7-13(11-14)15(21-9-4-3-5-10-21)16-17(23)22-18(25-16)19-12-20-22/h6-8,11-12,15,23H,2-5,9-10H2,1H3. The summed E-state index contributed by atoms with van der Waals surface area (Å²) in [5.74, 6) is 1.05. The van der Waals surface area contributed by atoms with E-state index in [-0.39, 0.29) is 11.9 Å². The van der Waals surface area contributed by atoms with Crippen LogP contribution in [0.15, 0.2) is 30.6 Å². The number of likely N-dealkylation sites (tertiary alicyclic amines) is 1. The van der Waals surface area contributed by atoms with Crippen LogP contribution in [0, 0.1) is 0 Å². The number of rotatable bonds is 5. The Bertz CT molecular complexity index is 854. The third kappa shape index (κ3) is 3.09. The molecule has 0 saturated carbocycles. The molecule has 1 fully saturated rings. The number of ether oxygens (including phenoxy) is 1. The van der Waals surface area contributed by atoms with Crippen molar-refractivity contribution in [3.63, 3.8) is 0 Å². The van der Waals surface area contributed by atoms with Gasteiger partial charge in [-0.15, -0.1) is 0 Å². The first-order valence-electron chi connectivity index (χ1n) is 8.76. The predicted molar refractivity (Wildman–Crippen MR) is 97.4 cm³/mol. The molecule has 3 aromatic rings. The van der Waals surface area contributed by atoms with Gasteiger partial charge in [-0.2, -0.15) is 9.61 Å². The van der Waals surface area contributed by atoms with Crippen LogP contribution in [0.5, 0.6) is 11.6 Å². The normalized spacial score (nSPS) is 17.0. The molecule has 132 valence electrons. The van der Waals surface area contributed by atoms with E-state index < -0.39 is 0 Å². The fraction of sp³-hybridized carbons (Fsp3) is 0.444. The van der Waals surface area contributed by atoms with E-state index in [0.717, 1.165) is 34.2 Å². The quantitative estimate of drug-likeness (QED) is 0.757. The topological polar surface area (TPSA) is 62.9 Å². The van der Waals surface area contributed by atoms with Crippen LogP contribution in [0.3, 0.4) is 0 Å². The predicted octanol–water partition coefficient (Wildman–Crippen LogP) is 3.47. The molecule has 0 spiro atoms. The van der Waals surface area contributed by atoms with Crippen LogP contribution in [0.4, 0.5) is 0 Å². The first-order valence-corrected chi connectivity index (χ1v) is 9.57. The Hall–Kier alpha value is -2.12. The highest BCUT2D eigenvalue weighted by atomic mass is 32.1. The molecule has 0 aliphatic carbocycles. The average molecular weight is 358 g/mol. The Morgan fingerprint density at radius 2 is 2.12 bits per heavy atom. The highest BCUT2D eigenvalue weighted by molar-refractivity contribution is 7.17. The highest BCUT2D eigenvalue weighted by Gasteiger charge is 2.30. The molecule has 3 heterocycles. The number of hydrogen-bond donors (Lipinski definition) is 1. The van der Waals surface area contributed by atoms with Crippen LogP contribution in [0.1, 0.15) is 42.7 Å². The minimum Gasteiger partial charge on any atom is -0.494 e. The first-order chi connectivity index (χ1) is 12.3. The maximum Gasteiger partial charge on any atom is 0.230 e. The largest absolute Gasteiger partial charge is 0.494 e. The molecule has 1 N–H and O–H groups in total. The van der Waals surface area contributed by atoms with Gasteiger partial charge in [0.15, 0.2) is 0 Å². The molecule has 2 aromatic heterocycles. The lowest BCUT2D eigenvalue weighted by atomic mass is 10.00. The molecular formula is C18H22N4O2S. The van der Waals surface area contributed by atoms with E-state index >= 15 is 0 Å². The van der Waals surface area contributed by atoms with Crippen LogP contribution in [0.2, 0.25) is 0 Å². The van der Waals surface area contributed by atoms with Crippen LogP contribution in [-0.2, 0) is 0 Å². The van der Waals surface area contributed by atoms with Crippen molar-refractivity contribution < 1.29 is 9.84 Å². The zero-order valence-electron chi connectivity index (χ0n) is 14.3. The smallest absolute Gasteiger partial charge is 0.230 e. The average Bonchev–Trinajstić information content (AvgIpc) is 3.21. The number of aromatic hydroxyl groups is 1. The number of fused-ring (bicyclic) bond motifs is 1. The summed E-state index contributed by atoms with van der Waals surface area (Å²) in [6, 6.07) is 8.18.